The Labute approximate surface area is 127 Å². The molecular weight excluding hydrogens is 288 g/mol. The smallest absolute Gasteiger partial charge is 0.337 e. The number of carboxylic acids is 1. The van der Waals surface area contributed by atoms with Crippen LogP contribution in [-0.2, 0) is 0 Å². The van der Waals surface area contributed by atoms with E-state index in [1.807, 2.05) is 56.3 Å². The number of benzene rings is 2. The third kappa shape index (κ3) is 3.58. The molecule has 2 rings (SSSR count). The van der Waals surface area contributed by atoms with Crippen molar-refractivity contribution in [3.63, 3.8) is 0 Å². The summed E-state index contributed by atoms with van der Waals surface area (Å²) in [7, 11) is 0. The van der Waals surface area contributed by atoms with Crippen molar-refractivity contribution in [1.82, 2.24) is 0 Å². The van der Waals surface area contributed by atoms with Crippen LogP contribution in [0.2, 0.25) is 0 Å². The van der Waals surface area contributed by atoms with Crippen LogP contribution < -0.4 is 0 Å². The maximum atomic E-state index is 11.5. The summed E-state index contributed by atoms with van der Waals surface area (Å²) in [5, 5.41) is 9.47. The summed E-state index contributed by atoms with van der Waals surface area (Å²) in [5.74, 6) is -0.00461. The molecule has 20 heavy (non-hydrogen) atoms. The third-order valence-electron chi connectivity index (χ3n) is 2.75. The Balaban J connectivity index is 2.37. The minimum absolute atomic E-state index is 0.407. The van der Waals surface area contributed by atoms with Crippen LogP contribution in [0, 0.1) is 6.92 Å². The van der Waals surface area contributed by atoms with Crippen LogP contribution in [0.25, 0.3) is 0 Å². The van der Waals surface area contributed by atoms with E-state index in [4.69, 9.17) is 0 Å². The van der Waals surface area contributed by atoms with Gasteiger partial charge in [-0.15, -0.1) is 11.8 Å². The van der Waals surface area contributed by atoms with Crippen molar-refractivity contribution in [2.45, 2.75) is 28.5 Å². The quantitative estimate of drug-likeness (QED) is 0.792. The Morgan fingerprint density at radius 2 is 1.75 bits per heavy atom. The zero-order valence-electron chi connectivity index (χ0n) is 11.4. The Morgan fingerprint density at radius 1 is 1.10 bits per heavy atom. The van der Waals surface area contributed by atoms with Crippen LogP contribution in [-0.4, -0.2) is 16.8 Å². The molecule has 0 bridgehead atoms. The van der Waals surface area contributed by atoms with Gasteiger partial charge in [-0.25, -0.2) is 4.79 Å². The van der Waals surface area contributed by atoms with E-state index < -0.39 is 5.97 Å². The minimum atomic E-state index is -0.865. The zero-order valence-corrected chi connectivity index (χ0v) is 13.1. The summed E-state index contributed by atoms with van der Waals surface area (Å²) in [6, 6.07) is 13.8. The second-order valence-corrected chi connectivity index (χ2v) is 6.70. The molecule has 2 aromatic carbocycles. The van der Waals surface area contributed by atoms with E-state index >= 15 is 0 Å². The Hall–Kier alpha value is -1.39. The van der Waals surface area contributed by atoms with Gasteiger partial charge < -0.3 is 5.11 Å². The molecular formula is C16H16O2S2. The molecule has 0 saturated carbocycles. The number of hydrogen-bond acceptors (Lipinski definition) is 3. The van der Waals surface area contributed by atoms with Crippen molar-refractivity contribution >= 4 is 29.5 Å². The first-order chi connectivity index (χ1) is 9.61. The van der Waals surface area contributed by atoms with Crippen LogP contribution >= 0.6 is 23.5 Å². The molecule has 0 aliphatic heterocycles. The molecule has 0 amide bonds. The highest BCUT2D eigenvalue weighted by Gasteiger charge is 2.16. The van der Waals surface area contributed by atoms with Crippen LogP contribution in [0.4, 0.5) is 0 Å². The van der Waals surface area contributed by atoms with Crippen molar-refractivity contribution in [1.29, 1.82) is 0 Å². The fourth-order valence-electron chi connectivity index (χ4n) is 1.82. The van der Waals surface area contributed by atoms with Gasteiger partial charge in [0.15, 0.2) is 0 Å². The molecule has 0 spiro atoms. The van der Waals surface area contributed by atoms with E-state index in [0.717, 1.165) is 20.4 Å². The molecule has 2 nitrogen and oxygen atoms in total. The molecule has 0 radical (unpaired) electrons. The van der Waals surface area contributed by atoms with Crippen LogP contribution in [0.3, 0.4) is 0 Å². The van der Waals surface area contributed by atoms with Gasteiger partial charge in [0, 0.05) is 14.7 Å². The standard InChI is InChI=1S/C16H16O2S2/c1-3-19-13-5-4-6-14(15(13)16(17)18)20-12-9-7-11(2)8-10-12/h4-10H,3H2,1-2H3,(H,17,18). The summed E-state index contributed by atoms with van der Waals surface area (Å²) in [5.41, 5.74) is 1.60. The maximum Gasteiger partial charge on any atom is 0.337 e. The largest absolute Gasteiger partial charge is 0.478 e. The lowest BCUT2D eigenvalue weighted by Crippen LogP contribution is -2.01. The van der Waals surface area contributed by atoms with Crippen molar-refractivity contribution in [2.75, 3.05) is 5.75 Å². The summed E-state index contributed by atoms with van der Waals surface area (Å²) in [6.07, 6.45) is 0. The van der Waals surface area contributed by atoms with Gasteiger partial charge in [-0.1, -0.05) is 42.4 Å². The lowest BCUT2D eigenvalue weighted by molar-refractivity contribution is 0.0689. The number of hydrogen-bond donors (Lipinski definition) is 1. The molecule has 2 aromatic rings. The third-order valence-corrected chi connectivity index (χ3v) is 4.76. The van der Waals surface area contributed by atoms with E-state index in [0.29, 0.717) is 5.56 Å². The van der Waals surface area contributed by atoms with Crippen LogP contribution in [0.1, 0.15) is 22.8 Å². The fourth-order valence-corrected chi connectivity index (χ4v) is 3.68. The predicted octanol–water partition coefficient (Wildman–Crippen LogP) is 4.96. The number of thioether (sulfide) groups is 1. The average molecular weight is 304 g/mol. The van der Waals surface area contributed by atoms with Gasteiger partial charge in [0.2, 0.25) is 0 Å². The molecule has 0 fully saturated rings. The zero-order chi connectivity index (χ0) is 14.5. The topological polar surface area (TPSA) is 37.3 Å². The molecule has 0 heterocycles. The summed E-state index contributed by atoms with van der Waals surface area (Å²) in [4.78, 5) is 14.2. The van der Waals surface area contributed by atoms with Crippen molar-refractivity contribution < 1.29 is 9.90 Å². The molecule has 1 N–H and O–H groups in total. The van der Waals surface area contributed by atoms with Gasteiger partial charge >= 0.3 is 5.97 Å². The molecule has 0 aromatic heterocycles. The Bertz CT molecular complexity index is 606. The highest BCUT2D eigenvalue weighted by Crippen LogP contribution is 2.35. The number of carboxylic acid groups (broad SMARTS) is 1. The van der Waals surface area contributed by atoms with Gasteiger partial charge in [0.05, 0.1) is 5.56 Å². The first kappa shape index (κ1) is 15.0. The van der Waals surface area contributed by atoms with E-state index in [1.54, 1.807) is 11.8 Å². The lowest BCUT2D eigenvalue weighted by atomic mass is 10.2. The number of aryl methyl sites for hydroxylation is 1. The van der Waals surface area contributed by atoms with E-state index in [2.05, 4.69) is 0 Å². The van der Waals surface area contributed by atoms with Crippen molar-refractivity contribution in [3.8, 4) is 0 Å². The van der Waals surface area contributed by atoms with Gasteiger partial charge in [0.25, 0.3) is 0 Å². The molecule has 4 heteroatoms. The monoisotopic (exact) mass is 304 g/mol. The molecule has 0 aliphatic carbocycles. The normalized spacial score (nSPS) is 10.5. The van der Waals surface area contributed by atoms with Gasteiger partial charge in [-0.2, -0.15) is 0 Å². The van der Waals surface area contributed by atoms with Gasteiger partial charge in [-0.05, 0) is 36.9 Å². The Kier molecular flexibility index (Phi) is 5.15. The summed E-state index contributed by atoms with van der Waals surface area (Å²) in [6.45, 7) is 4.06. The van der Waals surface area contributed by atoms with E-state index in [9.17, 15) is 9.90 Å². The summed E-state index contributed by atoms with van der Waals surface area (Å²) >= 11 is 3.06. The molecule has 0 atom stereocenters. The predicted molar refractivity (Wildman–Crippen MR) is 85.1 cm³/mol. The first-order valence-electron chi connectivity index (χ1n) is 6.35. The van der Waals surface area contributed by atoms with Crippen molar-refractivity contribution in [2.24, 2.45) is 0 Å². The van der Waals surface area contributed by atoms with E-state index in [1.165, 1.54) is 17.3 Å². The highest BCUT2D eigenvalue weighted by molar-refractivity contribution is 8.00. The number of carbonyl (C=O) groups is 1. The molecule has 0 aliphatic rings. The van der Waals surface area contributed by atoms with Gasteiger partial charge in [0.1, 0.15) is 0 Å². The average Bonchev–Trinajstić information content (AvgIpc) is 2.41. The SMILES string of the molecule is CCSc1cccc(Sc2ccc(C)cc2)c1C(=O)O. The fraction of sp³-hybridized carbons (Fsp3) is 0.188. The highest BCUT2D eigenvalue weighted by atomic mass is 32.2. The molecule has 0 saturated heterocycles. The van der Waals surface area contributed by atoms with Crippen LogP contribution in [0.15, 0.2) is 57.2 Å². The molecule has 0 unspecified atom stereocenters. The second-order valence-electron chi connectivity index (χ2n) is 4.28. The second kappa shape index (κ2) is 6.86. The first-order valence-corrected chi connectivity index (χ1v) is 8.15. The summed E-state index contributed by atoms with van der Waals surface area (Å²) < 4.78 is 0. The lowest BCUT2D eigenvalue weighted by Gasteiger charge is -2.10. The van der Waals surface area contributed by atoms with E-state index in [-0.39, 0.29) is 0 Å². The number of rotatable bonds is 5. The van der Waals surface area contributed by atoms with Crippen molar-refractivity contribution in [3.05, 3.63) is 53.6 Å². The van der Waals surface area contributed by atoms with Crippen LogP contribution in [0.5, 0.6) is 0 Å². The van der Waals surface area contributed by atoms with Gasteiger partial charge in [-0.3, -0.25) is 0 Å². The number of aromatic carboxylic acids is 1. The minimum Gasteiger partial charge on any atom is -0.478 e. The molecule has 104 valence electrons. The maximum absolute atomic E-state index is 11.5. The Morgan fingerprint density at radius 3 is 2.35 bits per heavy atom.